The zero-order valence-electron chi connectivity index (χ0n) is 11.4. The highest BCUT2D eigenvalue weighted by Gasteiger charge is 2.41. The molecule has 2 fully saturated rings. The van der Waals surface area contributed by atoms with Gasteiger partial charge in [0.1, 0.15) is 0 Å². The van der Waals surface area contributed by atoms with E-state index in [9.17, 15) is 0 Å². The van der Waals surface area contributed by atoms with Crippen LogP contribution in [0.25, 0.3) is 5.69 Å². The van der Waals surface area contributed by atoms with Crippen molar-refractivity contribution in [1.29, 1.82) is 0 Å². The van der Waals surface area contributed by atoms with Crippen LogP contribution in [0.1, 0.15) is 25.7 Å². The number of tetrazole rings is 1. The van der Waals surface area contributed by atoms with E-state index in [4.69, 9.17) is 0 Å². The lowest BCUT2D eigenvalue weighted by Crippen LogP contribution is -2.20. The van der Waals surface area contributed by atoms with Gasteiger partial charge in [-0.3, -0.25) is 0 Å². The van der Waals surface area contributed by atoms with Crippen LogP contribution in [0.5, 0.6) is 0 Å². The fourth-order valence-electron chi connectivity index (χ4n) is 3.02. The summed E-state index contributed by atoms with van der Waals surface area (Å²) in [4.78, 5) is 0. The van der Waals surface area contributed by atoms with Gasteiger partial charge in [0.15, 0.2) is 0 Å². The molecule has 1 aromatic heterocycles. The number of anilines is 1. The van der Waals surface area contributed by atoms with Crippen LogP contribution in [-0.2, 0) is 0 Å². The molecule has 104 valence electrons. The van der Waals surface area contributed by atoms with Crippen LogP contribution in [0.15, 0.2) is 30.3 Å². The van der Waals surface area contributed by atoms with Crippen molar-refractivity contribution in [2.45, 2.75) is 25.7 Å². The van der Waals surface area contributed by atoms with Crippen molar-refractivity contribution >= 4 is 5.95 Å². The van der Waals surface area contributed by atoms with E-state index in [-0.39, 0.29) is 0 Å². The summed E-state index contributed by atoms with van der Waals surface area (Å²) in [6, 6.07) is 10.0. The lowest BCUT2D eigenvalue weighted by Gasteiger charge is -2.16. The Morgan fingerprint density at radius 2 is 1.80 bits per heavy atom. The second kappa shape index (κ2) is 4.89. The van der Waals surface area contributed by atoms with Crippen molar-refractivity contribution in [3.05, 3.63) is 30.3 Å². The highest BCUT2D eigenvalue weighted by molar-refractivity contribution is 5.38. The molecule has 5 heteroatoms. The number of nitrogens with one attached hydrogen (secondary N) is 1. The maximum Gasteiger partial charge on any atom is 0.247 e. The standard InChI is InChI=1S/C15H19N5/c1-2-4-13(5-3-1)20-15(17-18-19-20)16-10-14(11-6-7-11)12-8-9-12/h1-5,11-12,14H,6-10H2,(H,16,17,19). The third kappa shape index (κ3) is 2.40. The summed E-state index contributed by atoms with van der Waals surface area (Å²) in [7, 11) is 0. The van der Waals surface area contributed by atoms with Crippen LogP contribution in [0.2, 0.25) is 0 Å². The van der Waals surface area contributed by atoms with Gasteiger partial charge in [0.2, 0.25) is 5.95 Å². The average molecular weight is 269 g/mol. The van der Waals surface area contributed by atoms with Gasteiger partial charge in [0.05, 0.1) is 5.69 Å². The first-order valence-corrected chi connectivity index (χ1v) is 7.49. The Morgan fingerprint density at radius 3 is 2.45 bits per heavy atom. The van der Waals surface area contributed by atoms with Gasteiger partial charge in [-0.2, -0.15) is 4.68 Å². The van der Waals surface area contributed by atoms with Gasteiger partial charge in [0, 0.05) is 6.54 Å². The van der Waals surface area contributed by atoms with Crippen LogP contribution < -0.4 is 5.32 Å². The summed E-state index contributed by atoms with van der Waals surface area (Å²) in [5.74, 6) is 3.45. The molecule has 2 saturated carbocycles. The van der Waals surface area contributed by atoms with Crippen LogP contribution in [0.4, 0.5) is 5.95 Å². The van der Waals surface area contributed by atoms with Crippen LogP contribution >= 0.6 is 0 Å². The lowest BCUT2D eigenvalue weighted by atomic mass is 9.98. The van der Waals surface area contributed by atoms with E-state index in [1.165, 1.54) is 25.7 Å². The van der Waals surface area contributed by atoms with E-state index in [0.717, 1.165) is 35.9 Å². The molecule has 5 nitrogen and oxygen atoms in total. The largest absolute Gasteiger partial charge is 0.352 e. The fraction of sp³-hybridized carbons (Fsp3) is 0.533. The van der Waals surface area contributed by atoms with Crippen molar-refractivity contribution in [3.63, 3.8) is 0 Å². The summed E-state index contributed by atoms with van der Waals surface area (Å²) >= 11 is 0. The molecular formula is C15H19N5. The Labute approximate surface area is 118 Å². The molecular weight excluding hydrogens is 250 g/mol. The molecule has 0 bridgehead atoms. The van der Waals surface area contributed by atoms with Crippen molar-refractivity contribution < 1.29 is 0 Å². The van der Waals surface area contributed by atoms with Gasteiger partial charge in [-0.05, 0) is 66.0 Å². The number of rotatable bonds is 6. The fourth-order valence-corrected chi connectivity index (χ4v) is 3.02. The zero-order valence-corrected chi connectivity index (χ0v) is 11.4. The summed E-state index contributed by atoms with van der Waals surface area (Å²) in [6.45, 7) is 1.00. The van der Waals surface area contributed by atoms with Gasteiger partial charge in [-0.1, -0.05) is 23.3 Å². The monoisotopic (exact) mass is 269 g/mol. The molecule has 0 amide bonds. The second-order valence-corrected chi connectivity index (χ2v) is 5.97. The molecule has 20 heavy (non-hydrogen) atoms. The van der Waals surface area contributed by atoms with Crippen LogP contribution in [0, 0.1) is 17.8 Å². The minimum absolute atomic E-state index is 0.752. The molecule has 4 rings (SSSR count). The molecule has 1 aromatic carbocycles. The smallest absolute Gasteiger partial charge is 0.247 e. The van der Waals surface area contributed by atoms with Gasteiger partial charge in [0.25, 0.3) is 0 Å². The lowest BCUT2D eigenvalue weighted by molar-refractivity contribution is 0.427. The van der Waals surface area contributed by atoms with Gasteiger partial charge in [-0.25, -0.2) is 0 Å². The van der Waals surface area contributed by atoms with Crippen LogP contribution in [-0.4, -0.2) is 26.8 Å². The van der Waals surface area contributed by atoms with Crippen LogP contribution in [0.3, 0.4) is 0 Å². The highest BCUT2D eigenvalue weighted by atomic mass is 15.6. The molecule has 1 heterocycles. The predicted molar refractivity (Wildman–Crippen MR) is 76.6 cm³/mol. The first kappa shape index (κ1) is 11.9. The summed E-state index contributed by atoms with van der Waals surface area (Å²) < 4.78 is 1.77. The Kier molecular flexibility index (Phi) is 2.90. The molecule has 0 saturated heterocycles. The van der Waals surface area contributed by atoms with Gasteiger partial charge >= 0.3 is 0 Å². The summed E-state index contributed by atoms with van der Waals surface area (Å²) in [5.41, 5.74) is 0.995. The molecule has 2 aliphatic carbocycles. The van der Waals surface area contributed by atoms with Crippen molar-refractivity contribution in [1.82, 2.24) is 20.2 Å². The average Bonchev–Trinajstić information content (AvgIpc) is 3.40. The topological polar surface area (TPSA) is 55.6 Å². The molecule has 0 atom stereocenters. The first-order valence-electron chi connectivity index (χ1n) is 7.49. The number of benzene rings is 1. The van der Waals surface area contributed by atoms with E-state index in [2.05, 4.69) is 20.8 Å². The van der Waals surface area contributed by atoms with Crippen molar-refractivity contribution in [2.75, 3.05) is 11.9 Å². The number of nitrogens with zero attached hydrogens (tertiary/aromatic N) is 4. The molecule has 0 spiro atoms. The van der Waals surface area contributed by atoms with Gasteiger partial charge in [-0.15, -0.1) is 0 Å². The molecule has 0 unspecified atom stereocenters. The minimum Gasteiger partial charge on any atom is -0.352 e. The number of para-hydroxylation sites is 1. The molecule has 0 aliphatic heterocycles. The number of hydrogen-bond acceptors (Lipinski definition) is 4. The quantitative estimate of drug-likeness (QED) is 0.875. The summed E-state index contributed by atoms with van der Waals surface area (Å²) in [5, 5.41) is 15.5. The second-order valence-electron chi connectivity index (χ2n) is 5.97. The third-order valence-electron chi connectivity index (χ3n) is 4.42. The van der Waals surface area contributed by atoms with E-state index in [1.807, 2.05) is 30.3 Å². The summed E-state index contributed by atoms with van der Waals surface area (Å²) in [6.07, 6.45) is 5.64. The Hall–Kier alpha value is -1.91. The predicted octanol–water partition coefficient (Wildman–Crippen LogP) is 2.51. The maximum absolute atomic E-state index is 4.11. The normalized spacial score (nSPS) is 18.4. The Balaban J connectivity index is 1.48. The van der Waals surface area contributed by atoms with E-state index >= 15 is 0 Å². The molecule has 0 radical (unpaired) electrons. The molecule has 1 N–H and O–H groups in total. The molecule has 2 aliphatic rings. The van der Waals surface area contributed by atoms with Crippen molar-refractivity contribution in [3.8, 4) is 5.69 Å². The first-order chi connectivity index (χ1) is 9.92. The SMILES string of the molecule is c1ccc(-n2nnnc2NCC(C2CC2)C2CC2)cc1. The number of aromatic nitrogens is 4. The van der Waals surface area contributed by atoms with Gasteiger partial charge < -0.3 is 5.32 Å². The third-order valence-corrected chi connectivity index (χ3v) is 4.42. The zero-order chi connectivity index (χ0) is 13.4. The number of hydrogen-bond donors (Lipinski definition) is 1. The van der Waals surface area contributed by atoms with E-state index in [0.29, 0.717) is 0 Å². The van der Waals surface area contributed by atoms with Crippen molar-refractivity contribution in [2.24, 2.45) is 17.8 Å². The maximum atomic E-state index is 4.11. The van der Waals surface area contributed by atoms with E-state index in [1.54, 1.807) is 4.68 Å². The van der Waals surface area contributed by atoms with E-state index < -0.39 is 0 Å². The molecule has 2 aromatic rings. The minimum atomic E-state index is 0.752. The highest BCUT2D eigenvalue weighted by Crippen LogP contribution is 2.49. The Morgan fingerprint density at radius 1 is 1.10 bits per heavy atom. The Bertz CT molecular complexity index is 559.